The van der Waals surface area contributed by atoms with Gasteiger partial charge < -0.3 is 10.4 Å². The molecule has 0 aliphatic heterocycles. The van der Waals surface area contributed by atoms with Gasteiger partial charge >= 0.3 is 12.3 Å². The minimum atomic E-state index is -4.45. The molecule has 2 aromatic carbocycles. The number of carbonyl (C=O) groups is 1. The van der Waals surface area contributed by atoms with E-state index in [0.717, 1.165) is 23.3 Å². The van der Waals surface area contributed by atoms with Crippen molar-refractivity contribution >= 4 is 17.7 Å². The van der Waals surface area contributed by atoms with E-state index >= 15 is 0 Å². The lowest BCUT2D eigenvalue weighted by Gasteiger charge is -2.13. The fourth-order valence-corrected chi connectivity index (χ4v) is 3.61. The molecule has 3 aromatic rings. The van der Waals surface area contributed by atoms with Gasteiger partial charge in [-0.25, -0.2) is 9.78 Å². The Morgan fingerprint density at radius 2 is 1.80 bits per heavy atom. The normalized spacial score (nSPS) is 18.1. The molecule has 1 saturated carbocycles. The molecule has 0 radical (unpaired) electrons. The Morgan fingerprint density at radius 3 is 2.47 bits per heavy atom. The van der Waals surface area contributed by atoms with Gasteiger partial charge in [-0.1, -0.05) is 41.9 Å². The summed E-state index contributed by atoms with van der Waals surface area (Å²) >= 11 is 5.98. The smallest absolute Gasteiger partial charge is 0.416 e. The van der Waals surface area contributed by atoms with Crippen LogP contribution in [0.4, 0.5) is 18.0 Å². The Kier molecular flexibility index (Phi) is 5.15. The second kappa shape index (κ2) is 7.65. The zero-order valence-electron chi connectivity index (χ0n) is 15.4. The van der Waals surface area contributed by atoms with Crippen LogP contribution in [-0.2, 0) is 6.18 Å². The monoisotopic (exact) mass is 432 g/mol. The number of aromatic nitrogens is 1. The van der Waals surface area contributed by atoms with E-state index in [9.17, 15) is 18.0 Å². The van der Waals surface area contributed by atoms with Gasteiger partial charge in [0.1, 0.15) is 0 Å². The molecule has 2 unspecified atom stereocenters. The van der Waals surface area contributed by atoms with Crippen molar-refractivity contribution in [2.45, 2.75) is 24.6 Å². The first-order chi connectivity index (χ1) is 14.2. The van der Waals surface area contributed by atoms with Crippen LogP contribution >= 0.6 is 11.6 Å². The molecule has 0 saturated heterocycles. The van der Waals surface area contributed by atoms with Crippen molar-refractivity contribution in [3.63, 3.8) is 0 Å². The summed E-state index contributed by atoms with van der Waals surface area (Å²) in [4.78, 5) is 15.6. The first-order valence-corrected chi connectivity index (χ1v) is 9.54. The van der Waals surface area contributed by atoms with Crippen molar-refractivity contribution in [2.24, 2.45) is 0 Å². The number of benzene rings is 2. The lowest BCUT2D eigenvalue weighted by atomic mass is 9.99. The number of hydrogen-bond donors (Lipinski definition) is 2. The molecule has 2 N–H and O–H groups in total. The van der Waals surface area contributed by atoms with Crippen molar-refractivity contribution in [1.82, 2.24) is 10.3 Å². The summed E-state index contributed by atoms with van der Waals surface area (Å²) in [5, 5.41) is 12.0. The minimum Gasteiger partial charge on any atom is -0.465 e. The average Bonchev–Trinajstić information content (AvgIpc) is 3.45. The predicted molar refractivity (Wildman–Crippen MR) is 107 cm³/mol. The number of pyridine rings is 1. The Hall–Kier alpha value is -3.06. The molecule has 0 spiro atoms. The highest BCUT2D eigenvalue weighted by atomic mass is 35.5. The number of rotatable bonds is 4. The van der Waals surface area contributed by atoms with E-state index in [1.165, 1.54) is 6.07 Å². The van der Waals surface area contributed by atoms with E-state index in [-0.39, 0.29) is 12.0 Å². The Labute approximate surface area is 175 Å². The topological polar surface area (TPSA) is 62.2 Å². The Morgan fingerprint density at radius 1 is 1.07 bits per heavy atom. The maximum absolute atomic E-state index is 13.1. The lowest BCUT2D eigenvalue weighted by molar-refractivity contribution is -0.137. The van der Waals surface area contributed by atoms with Gasteiger partial charge in [-0.05, 0) is 42.3 Å². The van der Waals surface area contributed by atoms with Crippen LogP contribution in [-0.4, -0.2) is 22.2 Å². The van der Waals surface area contributed by atoms with E-state index < -0.39 is 17.8 Å². The van der Waals surface area contributed by atoms with Crippen LogP contribution in [0.1, 0.15) is 23.5 Å². The number of nitrogens with zero attached hydrogens (tertiary/aromatic N) is 1. The molecule has 1 aliphatic carbocycles. The molecule has 30 heavy (non-hydrogen) atoms. The van der Waals surface area contributed by atoms with Gasteiger partial charge in [0.2, 0.25) is 0 Å². The second-order valence-electron chi connectivity index (χ2n) is 7.12. The van der Waals surface area contributed by atoms with Gasteiger partial charge in [0.05, 0.1) is 17.0 Å². The molecule has 1 heterocycles. The minimum absolute atomic E-state index is 0.0464. The fraction of sp³-hybridized carbons (Fsp3) is 0.182. The number of amides is 1. The zero-order valence-corrected chi connectivity index (χ0v) is 16.2. The largest absolute Gasteiger partial charge is 0.465 e. The van der Waals surface area contributed by atoms with E-state index in [2.05, 4.69) is 10.3 Å². The molecular formula is C22H16ClF3N2O2. The first kappa shape index (κ1) is 20.2. The third-order valence-corrected chi connectivity index (χ3v) is 5.28. The maximum Gasteiger partial charge on any atom is 0.416 e. The van der Waals surface area contributed by atoms with Crippen LogP contribution < -0.4 is 5.32 Å². The SMILES string of the molecule is O=C(O)NC1CC1c1ccc(-c2cccc(C(F)(F)F)c2)nc1-c1ccc(Cl)cc1. The summed E-state index contributed by atoms with van der Waals surface area (Å²) in [5.74, 6) is -0.0464. The first-order valence-electron chi connectivity index (χ1n) is 9.16. The number of nitrogens with one attached hydrogen (secondary N) is 1. The van der Waals surface area contributed by atoms with Crippen LogP contribution in [0.15, 0.2) is 60.7 Å². The molecule has 1 amide bonds. The molecular weight excluding hydrogens is 417 g/mol. The van der Waals surface area contributed by atoms with Gasteiger partial charge in [-0.3, -0.25) is 0 Å². The predicted octanol–water partition coefficient (Wildman–Crippen LogP) is 6.21. The highest BCUT2D eigenvalue weighted by Gasteiger charge is 2.41. The van der Waals surface area contributed by atoms with Crippen molar-refractivity contribution in [3.05, 3.63) is 76.8 Å². The summed E-state index contributed by atoms with van der Waals surface area (Å²) < 4.78 is 39.3. The van der Waals surface area contributed by atoms with Crippen molar-refractivity contribution in [3.8, 4) is 22.5 Å². The number of carboxylic acid groups (broad SMARTS) is 1. The van der Waals surface area contributed by atoms with Gasteiger partial charge in [0, 0.05) is 28.1 Å². The van der Waals surface area contributed by atoms with Crippen molar-refractivity contribution in [2.75, 3.05) is 0 Å². The van der Waals surface area contributed by atoms with Gasteiger partial charge in [0.25, 0.3) is 0 Å². The summed E-state index contributed by atoms with van der Waals surface area (Å²) in [6, 6.07) is 15.3. The number of halogens is 4. The van der Waals surface area contributed by atoms with Crippen LogP contribution in [0.3, 0.4) is 0 Å². The van der Waals surface area contributed by atoms with E-state index in [1.807, 2.05) is 0 Å². The zero-order chi connectivity index (χ0) is 21.5. The molecule has 0 bridgehead atoms. The molecule has 2 atom stereocenters. The molecule has 8 heteroatoms. The quantitative estimate of drug-likeness (QED) is 0.515. The molecule has 154 valence electrons. The van der Waals surface area contributed by atoms with Crippen molar-refractivity contribution < 1.29 is 23.1 Å². The van der Waals surface area contributed by atoms with Crippen LogP contribution in [0, 0.1) is 0 Å². The maximum atomic E-state index is 13.1. The van der Waals surface area contributed by atoms with Gasteiger partial charge in [-0.15, -0.1) is 0 Å². The van der Waals surface area contributed by atoms with Crippen LogP contribution in [0.25, 0.3) is 22.5 Å². The Balaban J connectivity index is 1.77. The second-order valence-corrected chi connectivity index (χ2v) is 7.55. The Bertz CT molecular complexity index is 1100. The highest BCUT2D eigenvalue weighted by Crippen LogP contribution is 2.45. The molecule has 4 rings (SSSR count). The summed E-state index contributed by atoms with van der Waals surface area (Å²) in [7, 11) is 0. The molecule has 4 nitrogen and oxygen atoms in total. The van der Waals surface area contributed by atoms with Gasteiger partial charge in [-0.2, -0.15) is 13.2 Å². The van der Waals surface area contributed by atoms with E-state index in [1.54, 1.807) is 42.5 Å². The average molecular weight is 433 g/mol. The summed E-state index contributed by atoms with van der Waals surface area (Å²) in [6.07, 6.45) is -4.90. The third kappa shape index (κ3) is 4.26. The number of hydrogen-bond acceptors (Lipinski definition) is 2. The highest BCUT2D eigenvalue weighted by molar-refractivity contribution is 6.30. The van der Waals surface area contributed by atoms with Crippen molar-refractivity contribution in [1.29, 1.82) is 0 Å². The van der Waals surface area contributed by atoms with E-state index in [0.29, 0.717) is 28.4 Å². The molecule has 1 aliphatic rings. The summed E-state index contributed by atoms with van der Waals surface area (Å²) in [6.45, 7) is 0. The van der Waals surface area contributed by atoms with Crippen LogP contribution in [0.2, 0.25) is 5.02 Å². The summed E-state index contributed by atoms with van der Waals surface area (Å²) in [5.41, 5.74) is 2.20. The van der Waals surface area contributed by atoms with E-state index in [4.69, 9.17) is 16.7 Å². The number of alkyl halides is 3. The standard InChI is InChI=1S/C22H16ClF3N2O2/c23-15-6-4-12(5-7-15)20-16(17-11-19(17)28-21(29)30)8-9-18(27-20)13-2-1-3-14(10-13)22(24,25)26/h1-10,17,19,28H,11H2,(H,29,30). The molecule has 1 fully saturated rings. The lowest BCUT2D eigenvalue weighted by Crippen LogP contribution is -2.24. The third-order valence-electron chi connectivity index (χ3n) is 5.03. The van der Waals surface area contributed by atoms with Crippen LogP contribution in [0.5, 0.6) is 0 Å². The molecule has 1 aromatic heterocycles. The van der Waals surface area contributed by atoms with Gasteiger partial charge in [0.15, 0.2) is 0 Å². The fourth-order valence-electron chi connectivity index (χ4n) is 3.48.